The Kier molecular flexibility index (Phi) is 3.63. The standard InChI is InChI=1S/C8H14N4/c9-3-1-7-5-11-8(2-4-10)12-6-7/h5-6H,1-4,9-10H2. The van der Waals surface area contributed by atoms with Gasteiger partial charge in [-0.15, -0.1) is 0 Å². The lowest BCUT2D eigenvalue weighted by Crippen LogP contribution is -2.08. The Hall–Kier alpha value is -1.00. The van der Waals surface area contributed by atoms with Gasteiger partial charge in [0.25, 0.3) is 0 Å². The zero-order valence-electron chi connectivity index (χ0n) is 7.03. The summed E-state index contributed by atoms with van der Waals surface area (Å²) in [6.07, 6.45) is 5.20. The third kappa shape index (κ3) is 2.56. The van der Waals surface area contributed by atoms with Crippen LogP contribution in [0.2, 0.25) is 0 Å². The molecule has 1 rings (SSSR count). The second-order valence-corrected chi connectivity index (χ2v) is 2.58. The van der Waals surface area contributed by atoms with Crippen molar-refractivity contribution in [2.24, 2.45) is 11.5 Å². The highest BCUT2D eigenvalue weighted by molar-refractivity contribution is 5.05. The summed E-state index contributed by atoms with van der Waals surface area (Å²) >= 11 is 0. The Labute approximate surface area is 72.0 Å². The van der Waals surface area contributed by atoms with Gasteiger partial charge in [-0.3, -0.25) is 0 Å². The molecule has 12 heavy (non-hydrogen) atoms. The second-order valence-electron chi connectivity index (χ2n) is 2.58. The van der Waals surface area contributed by atoms with Crippen molar-refractivity contribution in [2.45, 2.75) is 12.8 Å². The molecule has 4 nitrogen and oxygen atoms in total. The van der Waals surface area contributed by atoms with Crippen LogP contribution in [-0.2, 0) is 12.8 Å². The molecule has 0 saturated carbocycles. The normalized spacial score (nSPS) is 10.2. The van der Waals surface area contributed by atoms with Gasteiger partial charge in [0, 0.05) is 18.8 Å². The maximum Gasteiger partial charge on any atom is 0.129 e. The lowest BCUT2D eigenvalue weighted by molar-refractivity contribution is 0.846. The predicted octanol–water partition coefficient (Wildman–Crippen LogP) is -0.521. The number of hydrogen-bond donors (Lipinski definition) is 2. The molecule has 66 valence electrons. The van der Waals surface area contributed by atoms with Crippen molar-refractivity contribution in [3.8, 4) is 0 Å². The molecule has 0 amide bonds. The quantitative estimate of drug-likeness (QED) is 0.631. The van der Waals surface area contributed by atoms with Gasteiger partial charge in [-0.05, 0) is 25.1 Å². The number of nitrogens with zero attached hydrogens (tertiary/aromatic N) is 2. The van der Waals surface area contributed by atoms with Gasteiger partial charge in [0.1, 0.15) is 5.82 Å². The van der Waals surface area contributed by atoms with Crippen molar-refractivity contribution in [3.63, 3.8) is 0 Å². The molecule has 0 radical (unpaired) electrons. The topological polar surface area (TPSA) is 77.8 Å². The van der Waals surface area contributed by atoms with E-state index in [1.54, 1.807) is 0 Å². The van der Waals surface area contributed by atoms with Gasteiger partial charge in [-0.25, -0.2) is 9.97 Å². The third-order valence-corrected chi connectivity index (χ3v) is 1.56. The third-order valence-electron chi connectivity index (χ3n) is 1.56. The largest absolute Gasteiger partial charge is 0.330 e. The van der Waals surface area contributed by atoms with Gasteiger partial charge in [-0.2, -0.15) is 0 Å². The summed E-state index contributed by atoms with van der Waals surface area (Å²) in [6.45, 7) is 1.23. The molecular weight excluding hydrogens is 152 g/mol. The van der Waals surface area contributed by atoms with E-state index in [0.717, 1.165) is 24.2 Å². The molecule has 0 unspecified atom stereocenters. The summed E-state index contributed by atoms with van der Waals surface area (Å²) in [5.41, 5.74) is 11.8. The van der Waals surface area contributed by atoms with Crippen LogP contribution in [0.5, 0.6) is 0 Å². The summed E-state index contributed by atoms with van der Waals surface area (Å²) in [5.74, 6) is 0.804. The molecule has 0 aliphatic carbocycles. The van der Waals surface area contributed by atoms with Crippen molar-refractivity contribution >= 4 is 0 Å². The van der Waals surface area contributed by atoms with Gasteiger partial charge in [-0.1, -0.05) is 0 Å². The number of aromatic nitrogens is 2. The maximum atomic E-state index is 5.38. The van der Waals surface area contributed by atoms with Crippen molar-refractivity contribution in [1.82, 2.24) is 9.97 Å². The first-order chi connectivity index (χ1) is 5.86. The number of rotatable bonds is 4. The molecule has 0 aliphatic rings. The highest BCUT2D eigenvalue weighted by atomic mass is 14.9. The lowest BCUT2D eigenvalue weighted by Gasteiger charge is -1.99. The fraction of sp³-hybridized carbons (Fsp3) is 0.500. The fourth-order valence-electron chi connectivity index (χ4n) is 0.935. The first-order valence-corrected chi connectivity index (χ1v) is 4.06. The molecule has 0 fully saturated rings. The Morgan fingerprint density at radius 3 is 2.08 bits per heavy atom. The van der Waals surface area contributed by atoms with Crippen molar-refractivity contribution in [1.29, 1.82) is 0 Å². The zero-order valence-corrected chi connectivity index (χ0v) is 7.03. The minimum atomic E-state index is 0.593. The van der Waals surface area contributed by atoms with Gasteiger partial charge in [0.05, 0.1) is 0 Å². The van der Waals surface area contributed by atoms with Crippen LogP contribution in [0.1, 0.15) is 11.4 Å². The van der Waals surface area contributed by atoms with E-state index in [9.17, 15) is 0 Å². The lowest BCUT2D eigenvalue weighted by atomic mass is 10.2. The second kappa shape index (κ2) is 4.79. The molecule has 0 atom stereocenters. The van der Waals surface area contributed by atoms with E-state index in [4.69, 9.17) is 11.5 Å². The molecule has 1 aromatic rings. The number of hydrogen-bond acceptors (Lipinski definition) is 4. The highest BCUT2D eigenvalue weighted by Gasteiger charge is 1.95. The summed E-state index contributed by atoms with van der Waals surface area (Å²) in [4.78, 5) is 8.28. The summed E-state index contributed by atoms with van der Waals surface area (Å²) < 4.78 is 0. The molecule has 0 spiro atoms. The monoisotopic (exact) mass is 166 g/mol. The van der Waals surface area contributed by atoms with Crippen molar-refractivity contribution < 1.29 is 0 Å². The molecule has 4 heteroatoms. The van der Waals surface area contributed by atoms with Crippen LogP contribution < -0.4 is 11.5 Å². The van der Waals surface area contributed by atoms with E-state index in [-0.39, 0.29) is 0 Å². The van der Waals surface area contributed by atoms with Crippen LogP contribution in [0, 0.1) is 0 Å². The Balaban J connectivity index is 2.58. The summed E-state index contributed by atoms with van der Waals surface area (Å²) in [5, 5.41) is 0. The molecule has 0 saturated heterocycles. The van der Waals surface area contributed by atoms with E-state index < -0.39 is 0 Å². The van der Waals surface area contributed by atoms with E-state index in [1.165, 1.54) is 0 Å². The maximum absolute atomic E-state index is 5.38. The Morgan fingerprint density at radius 1 is 1.00 bits per heavy atom. The average molecular weight is 166 g/mol. The minimum Gasteiger partial charge on any atom is -0.330 e. The van der Waals surface area contributed by atoms with E-state index >= 15 is 0 Å². The fourth-order valence-corrected chi connectivity index (χ4v) is 0.935. The molecule has 0 aliphatic heterocycles. The van der Waals surface area contributed by atoms with Crippen LogP contribution in [0.15, 0.2) is 12.4 Å². The van der Waals surface area contributed by atoms with E-state index in [2.05, 4.69) is 9.97 Å². The van der Waals surface area contributed by atoms with Gasteiger partial charge >= 0.3 is 0 Å². The predicted molar refractivity (Wildman–Crippen MR) is 47.5 cm³/mol. The van der Waals surface area contributed by atoms with Gasteiger partial charge < -0.3 is 11.5 Å². The first kappa shape index (κ1) is 9.09. The highest BCUT2D eigenvalue weighted by Crippen LogP contribution is 1.96. The molecule has 0 aromatic carbocycles. The summed E-state index contributed by atoms with van der Waals surface area (Å²) in [7, 11) is 0. The molecule has 4 N–H and O–H groups in total. The zero-order chi connectivity index (χ0) is 8.81. The van der Waals surface area contributed by atoms with Gasteiger partial charge in [0.15, 0.2) is 0 Å². The van der Waals surface area contributed by atoms with Crippen LogP contribution in [0.25, 0.3) is 0 Å². The van der Waals surface area contributed by atoms with Crippen molar-refractivity contribution in [2.75, 3.05) is 13.1 Å². The van der Waals surface area contributed by atoms with Crippen LogP contribution >= 0.6 is 0 Å². The van der Waals surface area contributed by atoms with Crippen molar-refractivity contribution in [3.05, 3.63) is 23.8 Å². The molecule has 1 aromatic heterocycles. The number of nitrogens with two attached hydrogens (primary N) is 2. The van der Waals surface area contributed by atoms with Crippen LogP contribution in [0.3, 0.4) is 0 Å². The average Bonchev–Trinajstić information content (AvgIpc) is 2.09. The summed E-state index contributed by atoms with van der Waals surface area (Å²) in [6, 6.07) is 0. The van der Waals surface area contributed by atoms with Crippen LogP contribution in [-0.4, -0.2) is 23.1 Å². The minimum absolute atomic E-state index is 0.593. The smallest absolute Gasteiger partial charge is 0.129 e. The Bertz CT molecular complexity index is 194. The molecule has 0 bridgehead atoms. The molecule has 1 heterocycles. The van der Waals surface area contributed by atoms with Gasteiger partial charge in [0.2, 0.25) is 0 Å². The van der Waals surface area contributed by atoms with E-state index in [0.29, 0.717) is 13.1 Å². The Morgan fingerprint density at radius 2 is 1.58 bits per heavy atom. The molecular formula is C8H14N4. The van der Waals surface area contributed by atoms with Crippen LogP contribution in [0.4, 0.5) is 0 Å². The first-order valence-electron chi connectivity index (χ1n) is 4.06. The van der Waals surface area contributed by atoms with E-state index in [1.807, 2.05) is 12.4 Å². The SMILES string of the molecule is NCCc1cnc(CCN)nc1.